The second-order valence-electron chi connectivity index (χ2n) is 7.05. The van der Waals surface area contributed by atoms with Gasteiger partial charge in [0.05, 0.1) is 6.04 Å². The number of carbonyl (C=O) groups excluding carboxylic acids is 2. The fraction of sp³-hybridized carbons (Fsp3) is 0.875. The second-order valence-corrected chi connectivity index (χ2v) is 11.6. The molecule has 0 aromatic rings. The van der Waals surface area contributed by atoms with Gasteiger partial charge in [-0.25, -0.2) is 14.8 Å². The van der Waals surface area contributed by atoms with Gasteiger partial charge in [0.15, 0.2) is 0 Å². The highest BCUT2D eigenvalue weighted by atomic mass is 32.3. The van der Waals surface area contributed by atoms with Gasteiger partial charge >= 0.3 is 6.09 Å². The summed E-state index contributed by atoms with van der Waals surface area (Å²) in [6.07, 6.45) is 10.3. The lowest BCUT2D eigenvalue weighted by Gasteiger charge is -2.30. The van der Waals surface area contributed by atoms with E-state index in [0.717, 1.165) is 18.5 Å². The Kier molecular flexibility index (Phi) is 7.69. The van der Waals surface area contributed by atoms with E-state index < -0.39 is 16.1 Å². The topological polar surface area (TPSA) is 67.4 Å². The van der Waals surface area contributed by atoms with E-state index in [1.165, 1.54) is 12.8 Å². The average Bonchev–Trinajstić information content (AvgIpc) is 3.24. The second kappa shape index (κ2) is 8.77. The molecular formula is C16H32N2O3S. The number of ether oxygens (including phenoxy) is 1. The van der Waals surface area contributed by atoms with Gasteiger partial charge in [-0.3, -0.25) is 0 Å². The minimum atomic E-state index is -0.671. The van der Waals surface area contributed by atoms with Gasteiger partial charge in [0.1, 0.15) is 12.9 Å². The van der Waals surface area contributed by atoms with Gasteiger partial charge in [-0.15, -0.1) is 0 Å². The van der Waals surface area contributed by atoms with Crippen molar-refractivity contribution in [2.75, 3.05) is 31.1 Å². The summed E-state index contributed by atoms with van der Waals surface area (Å²) in [6, 6.07) is 0.416. The summed E-state index contributed by atoms with van der Waals surface area (Å²) >= 11 is 0. The monoisotopic (exact) mass is 332 g/mol. The molecule has 3 atom stereocenters. The minimum absolute atomic E-state index is 0.105. The lowest BCUT2D eigenvalue weighted by molar-refractivity contribution is -0.111. The number of nitrogens with one attached hydrogen (secondary N) is 2. The molecule has 0 aromatic carbocycles. The van der Waals surface area contributed by atoms with Crippen LogP contribution in [0.2, 0.25) is 0 Å². The molecule has 22 heavy (non-hydrogen) atoms. The lowest BCUT2D eigenvalue weighted by atomic mass is 9.94. The number of rotatable bonds is 10. The molecular weight excluding hydrogens is 300 g/mol. The number of alkyl carbamates (subject to hydrolysis) is 1. The van der Waals surface area contributed by atoms with Crippen LogP contribution in [0, 0.1) is 5.92 Å². The number of carbonyl (C=O) groups is 2. The molecule has 1 saturated carbocycles. The van der Waals surface area contributed by atoms with Crippen LogP contribution in [0.1, 0.15) is 33.1 Å². The van der Waals surface area contributed by atoms with Crippen molar-refractivity contribution in [3.63, 3.8) is 0 Å². The maximum absolute atomic E-state index is 12.0. The molecule has 1 fully saturated rings. The third-order valence-corrected chi connectivity index (χ3v) is 5.29. The summed E-state index contributed by atoms with van der Waals surface area (Å²) < 4.78 is 5.29. The van der Waals surface area contributed by atoms with Gasteiger partial charge < -0.3 is 20.2 Å². The Hall–Kier alpha value is -0.750. The van der Waals surface area contributed by atoms with Crippen molar-refractivity contribution in [1.29, 1.82) is 0 Å². The summed E-state index contributed by atoms with van der Waals surface area (Å²) in [5.41, 5.74) is 0. The first-order chi connectivity index (χ1) is 10.3. The average molecular weight is 333 g/mol. The van der Waals surface area contributed by atoms with Crippen molar-refractivity contribution < 1.29 is 14.3 Å². The van der Waals surface area contributed by atoms with E-state index in [9.17, 15) is 9.59 Å². The molecule has 0 heterocycles. The van der Waals surface area contributed by atoms with Crippen LogP contribution in [0.5, 0.6) is 0 Å². The van der Waals surface area contributed by atoms with Crippen molar-refractivity contribution in [3.05, 3.63) is 0 Å². The molecule has 0 spiro atoms. The zero-order valence-corrected chi connectivity index (χ0v) is 15.4. The smallest absolute Gasteiger partial charge is 0.407 e. The zero-order chi connectivity index (χ0) is 16.8. The van der Waals surface area contributed by atoms with E-state index in [1.54, 1.807) is 0 Å². The van der Waals surface area contributed by atoms with Gasteiger partial charge in [0.25, 0.3) is 0 Å². The van der Waals surface area contributed by atoms with E-state index in [4.69, 9.17) is 4.74 Å². The van der Waals surface area contributed by atoms with Gasteiger partial charge in [0.2, 0.25) is 0 Å². The van der Waals surface area contributed by atoms with Crippen LogP contribution >= 0.6 is 10.0 Å². The predicted molar refractivity (Wildman–Crippen MR) is 94.0 cm³/mol. The highest BCUT2D eigenvalue weighted by Gasteiger charge is 2.32. The van der Waals surface area contributed by atoms with E-state index in [1.807, 2.05) is 6.92 Å². The first-order valence-corrected chi connectivity index (χ1v) is 11.1. The van der Waals surface area contributed by atoms with E-state index in [0.29, 0.717) is 12.6 Å². The van der Waals surface area contributed by atoms with Gasteiger partial charge in [-0.1, -0.05) is 13.8 Å². The maximum Gasteiger partial charge on any atom is 0.407 e. The predicted octanol–water partition coefficient (Wildman–Crippen LogP) is 2.14. The van der Waals surface area contributed by atoms with Crippen LogP contribution in [-0.4, -0.2) is 61.6 Å². The van der Waals surface area contributed by atoms with Gasteiger partial charge in [-0.05, 0) is 38.0 Å². The molecule has 130 valence electrons. The Balaban J connectivity index is 2.51. The van der Waals surface area contributed by atoms with Crippen LogP contribution in [0.25, 0.3) is 0 Å². The summed E-state index contributed by atoms with van der Waals surface area (Å²) in [6.45, 7) is 4.34. The Morgan fingerprint density at radius 1 is 1.36 bits per heavy atom. The fourth-order valence-electron chi connectivity index (χ4n) is 2.27. The van der Waals surface area contributed by atoms with Crippen molar-refractivity contribution in [1.82, 2.24) is 10.6 Å². The zero-order valence-electron chi connectivity index (χ0n) is 14.6. The summed E-state index contributed by atoms with van der Waals surface area (Å²) in [4.78, 5) is 23.2. The Morgan fingerprint density at radius 3 is 2.45 bits per heavy atom. The first kappa shape index (κ1) is 19.3. The SMILES string of the molecule is CC[C@H](NC1CC1)[C@@H](NC(=O)OCCS(C)(C)C)[C@@H](C)C=O. The number of hydrogen-bond donors (Lipinski definition) is 2. The van der Waals surface area contributed by atoms with E-state index in [2.05, 4.69) is 36.3 Å². The molecule has 1 amide bonds. The Labute approximate surface area is 136 Å². The summed E-state index contributed by atoms with van der Waals surface area (Å²) in [7, 11) is -0.671. The lowest BCUT2D eigenvalue weighted by Crippen LogP contribution is -2.54. The fourth-order valence-corrected chi connectivity index (χ4v) is 2.86. The minimum Gasteiger partial charge on any atom is -0.449 e. The van der Waals surface area contributed by atoms with Crippen LogP contribution in [0.15, 0.2) is 0 Å². The third kappa shape index (κ3) is 7.49. The Morgan fingerprint density at radius 2 is 2.00 bits per heavy atom. The molecule has 0 aliphatic heterocycles. The highest BCUT2D eigenvalue weighted by Crippen LogP contribution is 2.33. The maximum atomic E-state index is 12.0. The van der Waals surface area contributed by atoms with Crippen molar-refractivity contribution >= 4 is 22.4 Å². The van der Waals surface area contributed by atoms with Crippen molar-refractivity contribution in [2.45, 2.75) is 51.2 Å². The molecule has 1 rings (SSSR count). The third-order valence-electron chi connectivity index (χ3n) is 3.89. The molecule has 0 aromatic heterocycles. The highest BCUT2D eigenvalue weighted by molar-refractivity contribution is 8.32. The summed E-state index contributed by atoms with van der Waals surface area (Å²) in [5, 5.41) is 6.41. The Bertz CT molecular complexity index is 367. The van der Waals surface area contributed by atoms with Crippen LogP contribution in [0.3, 0.4) is 0 Å². The molecule has 5 nitrogen and oxygen atoms in total. The molecule has 1 aliphatic carbocycles. The molecule has 0 unspecified atom stereocenters. The molecule has 2 N–H and O–H groups in total. The molecule has 0 radical (unpaired) electrons. The number of amides is 1. The van der Waals surface area contributed by atoms with E-state index >= 15 is 0 Å². The number of aldehydes is 1. The number of hydrogen-bond acceptors (Lipinski definition) is 4. The van der Waals surface area contributed by atoms with Gasteiger partial charge in [-0.2, -0.15) is 0 Å². The quantitative estimate of drug-likeness (QED) is 0.602. The van der Waals surface area contributed by atoms with E-state index in [-0.39, 0.29) is 18.0 Å². The molecule has 0 saturated heterocycles. The van der Waals surface area contributed by atoms with Crippen LogP contribution in [-0.2, 0) is 9.53 Å². The first-order valence-electron chi connectivity index (χ1n) is 8.07. The standard InChI is InChI=1S/C16H32N2O3S/c1-6-14(17-13-7-8-13)15(12(2)11-19)18-16(20)21-9-10-22(3,4)5/h11-15,17H,6-10H2,1-5H3,(H,18,20)/t12-,14-,15-/m0/s1. The van der Waals surface area contributed by atoms with Gasteiger partial charge in [0, 0.05) is 23.8 Å². The van der Waals surface area contributed by atoms with Crippen molar-refractivity contribution in [3.8, 4) is 0 Å². The van der Waals surface area contributed by atoms with Crippen LogP contribution < -0.4 is 10.6 Å². The molecule has 1 aliphatic rings. The van der Waals surface area contributed by atoms with Crippen molar-refractivity contribution in [2.24, 2.45) is 5.92 Å². The summed E-state index contributed by atoms with van der Waals surface area (Å²) in [5.74, 6) is 0.656. The molecule has 6 heteroatoms. The molecule has 0 bridgehead atoms. The largest absolute Gasteiger partial charge is 0.449 e. The van der Waals surface area contributed by atoms with Crippen LogP contribution in [0.4, 0.5) is 4.79 Å². The normalized spacial score (nSPS) is 19.9.